The highest BCUT2D eigenvalue weighted by Gasteiger charge is 2.17. The summed E-state index contributed by atoms with van der Waals surface area (Å²) in [5.41, 5.74) is 0.797. The second-order valence-corrected chi connectivity index (χ2v) is 9.06. The first-order valence-electron chi connectivity index (χ1n) is 10.5. The van der Waals surface area contributed by atoms with Crippen molar-refractivity contribution in [3.63, 3.8) is 0 Å². The Hall–Kier alpha value is -2.98. The summed E-state index contributed by atoms with van der Waals surface area (Å²) >= 11 is 0. The molecule has 0 heterocycles. The summed E-state index contributed by atoms with van der Waals surface area (Å²) in [6, 6.07) is 9.52. The number of carbonyl (C=O) groups is 1. The maximum absolute atomic E-state index is 12.5. The number of hydrogen-bond acceptors (Lipinski definition) is 7. The molecule has 0 aliphatic carbocycles. The predicted octanol–water partition coefficient (Wildman–Crippen LogP) is 2.83. The van der Waals surface area contributed by atoms with Crippen LogP contribution in [0.15, 0.2) is 41.3 Å². The minimum absolute atomic E-state index is 0.150. The van der Waals surface area contributed by atoms with Gasteiger partial charge in [-0.1, -0.05) is 13.3 Å². The molecule has 0 bridgehead atoms. The lowest BCUT2D eigenvalue weighted by Gasteiger charge is -2.20. The molecule has 9 nitrogen and oxygen atoms in total. The molecule has 0 spiro atoms. The van der Waals surface area contributed by atoms with Gasteiger partial charge in [-0.05, 0) is 48.4 Å². The van der Waals surface area contributed by atoms with Gasteiger partial charge in [0.2, 0.25) is 15.8 Å². The van der Waals surface area contributed by atoms with Gasteiger partial charge in [-0.2, -0.15) is 0 Å². The van der Waals surface area contributed by atoms with E-state index in [4.69, 9.17) is 18.9 Å². The van der Waals surface area contributed by atoms with E-state index in [1.807, 2.05) is 6.92 Å². The van der Waals surface area contributed by atoms with Gasteiger partial charge in [0.05, 0.1) is 26.2 Å². The normalized spacial score (nSPS) is 11.1. The van der Waals surface area contributed by atoms with E-state index in [9.17, 15) is 13.2 Å². The molecule has 0 aliphatic rings. The second-order valence-electron chi connectivity index (χ2n) is 7.29. The van der Waals surface area contributed by atoms with Gasteiger partial charge in [0.1, 0.15) is 5.75 Å². The average molecular weight is 481 g/mol. The van der Waals surface area contributed by atoms with Crippen molar-refractivity contribution in [2.45, 2.75) is 31.2 Å². The summed E-state index contributed by atoms with van der Waals surface area (Å²) in [5.74, 6) is 1.64. The Kier molecular flexibility index (Phi) is 9.80. The first-order chi connectivity index (χ1) is 15.7. The van der Waals surface area contributed by atoms with E-state index >= 15 is 0 Å². The fraction of sp³-hybridized carbons (Fsp3) is 0.435. The number of hydrogen-bond donors (Lipinski definition) is 1. The maximum atomic E-state index is 12.5. The van der Waals surface area contributed by atoms with Crippen LogP contribution in [0.4, 0.5) is 0 Å². The van der Waals surface area contributed by atoms with Crippen molar-refractivity contribution in [1.29, 1.82) is 0 Å². The zero-order chi connectivity index (χ0) is 24.4. The molecule has 0 saturated carbocycles. The SMILES string of the molecule is CCCCNS(=O)(=O)c1ccc(OCC(=O)N(C)Cc2cc(OC)c(OC)c(OC)c2)cc1. The Balaban J connectivity index is 1.97. The van der Waals surface area contributed by atoms with Crippen LogP contribution in [0.1, 0.15) is 25.3 Å². The standard InChI is InChI=1S/C23H32N2O7S/c1-6-7-12-24-33(27,28)19-10-8-18(9-11-19)32-16-22(26)25(2)15-17-13-20(29-3)23(31-5)21(14-17)30-4/h8-11,13-14,24H,6-7,12,15-16H2,1-5H3. The van der Waals surface area contributed by atoms with E-state index in [2.05, 4.69) is 4.72 Å². The van der Waals surface area contributed by atoms with Crippen molar-refractivity contribution < 1.29 is 32.2 Å². The fourth-order valence-corrected chi connectivity index (χ4v) is 4.10. The molecule has 0 radical (unpaired) electrons. The molecular formula is C23H32N2O7S. The molecule has 0 fully saturated rings. The lowest BCUT2D eigenvalue weighted by atomic mass is 10.1. The third-order valence-electron chi connectivity index (χ3n) is 4.89. The number of likely N-dealkylation sites (N-methyl/N-ethyl adjacent to an activating group) is 1. The Bertz CT molecular complexity index is 999. The number of nitrogens with zero attached hydrogens (tertiary/aromatic N) is 1. The molecule has 2 aromatic carbocycles. The van der Waals surface area contributed by atoms with Gasteiger partial charge in [-0.3, -0.25) is 4.79 Å². The molecule has 182 valence electrons. The molecule has 0 atom stereocenters. The number of unbranched alkanes of at least 4 members (excludes halogenated alkanes) is 1. The maximum Gasteiger partial charge on any atom is 0.260 e. The number of amides is 1. The lowest BCUT2D eigenvalue weighted by Crippen LogP contribution is -2.31. The molecule has 33 heavy (non-hydrogen) atoms. The fourth-order valence-electron chi connectivity index (χ4n) is 3.03. The van der Waals surface area contributed by atoms with Crippen molar-refractivity contribution in [1.82, 2.24) is 9.62 Å². The van der Waals surface area contributed by atoms with Gasteiger partial charge < -0.3 is 23.8 Å². The summed E-state index contributed by atoms with van der Waals surface area (Å²) in [7, 11) is 2.69. The van der Waals surface area contributed by atoms with Gasteiger partial charge >= 0.3 is 0 Å². The number of rotatable bonds is 13. The Morgan fingerprint density at radius 2 is 1.61 bits per heavy atom. The summed E-state index contributed by atoms with van der Waals surface area (Å²) in [4.78, 5) is 14.2. The highest BCUT2D eigenvalue weighted by molar-refractivity contribution is 7.89. The molecule has 0 aliphatic heterocycles. The van der Waals surface area contributed by atoms with Crippen LogP contribution in [0.2, 0.25) is 0 Å². The van der Waals surface area contributed by atoms with Gasteiger partial charge in [-0.15, -0.1) is 0 Å². The lowest BCUT2D eigenvalue weighted by molar-refractivity contribution is -0.132. The Morgan fingerprint density at radius 1 is 1.00 bits per heavy atom. The number of sulfonamides is 1. The van der Waals surface area contributed by atoms with Gasteiger partial charge in [0, 0.05) is 20.1 Å². The minimum atomic E-state index is -3.56. The molecule has 0 aromatic heterocycles. The van der Waals surface area contributed by atoms with E-state index < -0.39 is 10.0 Å². The third kappa shape index (κ3) is 7.26. The highest BCUT2D eigenvalue weighted by Crippen LogP contribution is 2.38. The average Bonchev–Trinajstić information content (AvgIpc) is 2.82. The summed E-state index contributed by atoms with van der Waals surface area (Å²) in [6.07, 6.45) is 1.67. The van der Waals surface area contributed by atoms with Crippen LogP contribution in [-0.2, 0) is 21.4 Å². The number of ether oxygens (including phenoxy) is 4. The monoisotopic (exact) mass is 480 g/mol. The largest absolute Gasteiger partial charge is 0.493 e. The first kappa shape index (κ1) is 26.3. The van der Waals surface area contributed by atoms with Crippen molar-refractivity contribution in [3.05, 3.63) is 42.0 Å². The molecule has 2 aromatic rings. The highest BCUT2D eigenvalue weighted by atomic mass is 32.2. The van der Waals surface area contributed by atoms with Gasteiger partial charge in [0.15, 0.2) is 18.1 Å². The second kappa shape index (κ2) is 12.3. The number of carbonyl (C=O) groups excluding carboxylic acids is 1. The van der Waals surface area contributed by atoms with Crippen LogP contribution < -0.4 is 23.7 Å². The summed E-state index contributed by atoms with van der Waals surface area (Å²) in [5, 5.41) is 0. The van der Waals surface area contributed by atoms with Crippen LogP contribution in [0, 0.1) is 0 Å². The van der Waals surface area contributed by atoms with Crippen LogP contribution in [-0.4, -0.2) is 60.8 Å². The van der Waals surface area contributed by atoms with Crippen molar-refractivity contribution >= 4 is 15.9 Å². The minimum Gasteiger partial charge on any atom is -0.493 e. The number of methoxy groups -OCH3 is 3. The summed E-state index contributed by atoms with van der Waals surface area (Å²) < 4.78 is 48.6. The van der Waals surface area contributed by atoms with Crippen molar-refractivity contribution in [3.8, 4) is 23.0 Å². The quantitative estimate of drug-likeness (QED) is 0.440. The molecular weight excluding hydrogens is 448 g/mol. The van der Waals surface area contributed by atoms with Gasteiger partial charge in [0.25, 0.3) is 5.91 Å². The van der Waals surface area contributed by atoms with E-state index in [-0.39, 0.29) is 17.4 Å². The van der Waals surface area contributed by atoms with Gasteiger partial charge in [-0.25, -0.2) is 13.1 Å². The van der Waals surface area contributed by atoms with E-state index in [0.29, 0.717) is 36.1 Å². The molecule has 10 heteroatoms. The van der Waals surface area contributed by atoms with Crippen molar-refractivity contribution in [2.24, 2.45) is 0 Å². The van der Waals surface area contributed by atoms with Crippen LogP contribution >= 0.6 is 0 Å². The van der Waals surface area contributed by atoms with Crippen molar-refractivity contribution in [2.75, 3.05) is 41.5 Å². The Morgan fingerprint density at radius 3 is 2.12 bits per heavy atom. The number of benzene rings is 2. The van der Waals surface area contributed by atoms with E-state index in [1.54, 1.807) is 19.2 Å². The van der Waals surface area contributed by atoms with Crippen LogP contribution in [0.3, 0.4) is 0 Å². The van der Waals surface area contributed by atoms with E-state index in [0.717, 1.165) is 18.4 Å². The van der Waals surface area contributed by atoms with Crippen LogP contribution in [0.5, 0.6) is 23.0 Å². The van der Waals surface area contributed by atoms with E-state index in [1.165, 1.54) is 50.5 Å². The zero-order valence-electron chi connectivity index (χ0n) is 19.7. The van der Waals surface area contributed by atoms with Crippen LogP contribution in [0.25, 0.3) is 0 Å². The molecule has 0 unspecified atom stereocenters. The zero-order valence-corrected chi connectivity index (χ0v) is 20.5. The molecule has 2 rings (SSSR count). The molecule has 0 saturated heterocycles. The molecule has 1 amide bonds. The first-order valence-corrected chi connectivity index (χ1v) is 12.0. The third-order valence-corrected chi connectivity index (χ3v) is 6.37. The topological polar surface area (TPSA) is 103 Å². The number of nitrogens with one attached hydrogen (secondary N) is 1. The smallest absolute Gasteiger partial charge is 0.260 e. The predicted molar refractivity (Wildman–Crippen MR) is 125 cm³/mol. The Labute approximate surface area is 195 Å². The summed E-state index contributed by atoms with van der Waals surface area (Å²) in [6.45, 7) is 2.50. The molecule has 1 N–H and O–H groups in total.